The van der Waals surface area contributed by atoms with Gasteiger partial charge in [-0.3, -0.25) is 5.41 Å². The van der Waals surface area contributed by atoms with E-state index in [1.165, 1.54) is 0 Å². The lowest BCUT2D eigenvalue weighted by Gasteiger charge is -2.14. The van der Waals surface area contributed by atoms with Crippen molar-refractivity contribution in [3.8, 4) is 17.6 Å². The third-order valence-electron chi connectivity index (χ3n) is 4.93. The maximum atomic E-state index is 9.38. The highest BCUT2D eigenvalue weighted by molar-refractivity contribution is 6.14. The number of nitrogens with zero attached hydrogens (tertiary/aromatic N) is 3. The number of nitrogens with one attached hydrogen (secondary N) is 1. The standard InChI is InChI=1S/C24H25N5O3/c1-15-13-28-29-16(2)22(15)14-32-19-4-5-23(26)21(11-19)24(27)18-8-17(12-25)9-20(10-18)31-7-6-30-3/h4-5,8-11,13,27H,6-7,14,26H2,1-3H3. The number of methoxy groups -OCH3 is 1. The molecule has 0 amide bonds. The van der Waals surface area contributed by atoms with Gasteiger partial charge in [-0.2, -0.15) is 15.5 Å². The molecule has 0 saturated carbocycles. The van der Waals surface area contributed by atoms with Gasteiger partial charge in [-0.05, 0) is 55.8 Å². The van der Waals surface area contributed by atoms with Crippen LogP contribution >= 0.6 is 0 Å². The molecule has 164 valence electrons. The van der Waals surface area contributed by atoms with Gasteiger partial charge in [-0.25, -0.2) is 0 Å². The molecule has 0 saturated heterocycles. The average Bonchev–Trinajstić information content (AvgIpc) is 2.79. The Labute approximate surface area is 187 Å². The monoisotopic (exact) mass is 431 g/mol. The summed E-state index contributed by atoms with van der Waals surface area (Å²) in [4.78, 5) is 0. The van der Waals surface area contributed by atoms with Crippen LogP contribution in [0.15, 0.2) is 42.6 Å². The minimum Gasteiger partial charge on any atom is -0.491 e. The average molecular weight is 431 g/mol. The molecule has 8 nitrogen and oxygen atoms in total. The van der Waals surface area contributed by atoms with Crippen molar-refractivity contribution in [1.82, 2.24) is 10.2 Å². The second-order valence-corrected chi connectivity index (χ2v) is 7.20. The van der Waals surface area contributed by atoms with E-state index >= 15 is 0 Å². The van der Waals surface area contributed by atoms with E-state index in [-0.39, 0.29) is 5.71 Å². The topological polar surface area (TPSA) is 127 Å². The summed E-state index contributed by atoms with van der Waals surface area (Å²) in [6, 6.07) is 12.3. The fraction of sp³-hybridized carbons (Fsp3) is 0.250. The van der Waals surface area contributed by atoms with Crippen LogP contribution in [0.2, 0.25) is 0 Å². The zero-order chi connectivity index (χ0) is 23.1. The Kier molecular flexibility index (Phi) is 7.37. The third kappa shape index (κ3) is 5.39. The lowest BCUT2D eigenvalue weighted by Crippen LogP contribution is -2.09. The van der Waals surface area contributed by atoms with E-state index in [9.17, 15) is 5.26 Å². The zero-order valence-corrected chi connectivity index (χ0v) is 18.3. The Morgan fingerprint density at radius 2 is 1.91 bits per heavy atom. The molecule has 0 unspecified atom stereocenters. The minimum absolute atomic E-state index is 0.166. The molecule has 0 spiro atoms. The van der Waals surface area contributed by atoms with Gasteiger partial charge < -0.3 is 19.9 Å². The number of aryl methyl sites for hydroxylation is 2. The number of anilines is 1. The van der Waals surface area contributed by atoms with Gasteiger partial charge in [-0.15, -0.1) is 0 Å². The zero-order valence-electron chi connectivity index (χ0n) is 18.3. The number of ether oxygens (including phenoxy) is 3. The van der Waals surface area contributed by atoms with Crippen LogP contribution in [-0.4, -0.2) is 36.2 Å². The van der Waals surface area contributed by atoms with Crippen molar-refractivity contribution in [2.24, 2.45) is 0 Å². The fourth-order valence-corrected chi connectivity index (χ4v) is 3.13. The Morgan fingerprint density at radius 1 is 1.09 bits per heavy atom. The summed E-state index contributed by atoms with van der Waals surface area (Å²) in [7, 11) is 1.59. The highest BCUT2D eigenvalue weighted by Gasteiger charge is 2.14. The van der Waals surface area contributed by atoms with Gasteiger partial charge in [0.1, 0.15) is 24.7 Å². The van der Waals surface area contributed by atoms with Crippen molar-refractivity contribution in [3.05, 3.63) is 76.1 Å². The molecular weight excluding hydrogens is 406 g/mol. The minimum atomic E-state index is 0.166. The van der Waals surface area contributed by atoms with E-state index in [0.29, 0.717) is 53.7 Å². The summed E-state index contributed by atoms with van der Waals surface area (Å²) in [6.07, 6.45) is 1.70. The Hall–Kier alpha value is -3.96. The van der Waals surface area contributed by atoms with E-state index in [0.717, 1.165) is 16.8 Å². The second-order valence-electron chi connectivity index (χ2n) is 7.20. The van der Waals surface area contributed by atoms with E-state index in [1.54, 1.807) is 49.7 Å². The quantitative estimate of drug-likeness (QED) is 0.301. The summed E-state index contributed by atoms with van der Waals surface area (Å²) in [5.74, 6) is 1.06. The van der Waals surface area contributed by atoms with Gasteiger partial charge in [0, 0.05) is 29.5 Å². The molecule has 0 aliphatic carbocycles. The first-order valence-electron chi connectivity index (χ1n) is 9.99. The Balaban J connectivity index is 1.85. The van der Waals surface area contributed by atoms with E-state index < -0.39 is 0 Å². The van der Waals surface area contributed by atoms with Crippen molar-refractivity contribution < 1.29 is 14.2 Å². The van der Waals surface area contributed by atoms with E-state index in [4.69, 9.17) is 25.4 Å². The van der Waals surface area contributed by atoms with Crippen LogP contribution in [-0.2, 0) is 11.3 Å². The smallest absolute Gasteiger partial charge is 0.121 e. The van der Waals surface area contributed by atoms with E-state index in [2.05, 4.69) is 16.3 Å². The highest BCUT2D eigenvalue weighted by Crippen LogP contribution is 2.26. The lowest BCUT2D eigenvalue weighted by molar-refractivity contribution is 0.146. The molecule has 1 aromatic heterocycles. The maximum absolute atomic E-state index is 9.38. The maximum Gasteiger partial charge on any atom is 0.121 e. The van der Waals surface area contributed by atoms with Crippen LogP contribution in [0.5, 0.6) is 11.5 Å². The summed E-state index contributed by atoms with van der Waals surface area (Å²) in [5.41, 5.74) is 10.9. The SMILES string of the molecule is COCCOc1cc(C#N)cc(C(=N)c2cc(OCc3c(C)cnnc3C)ccc2N)c1. The molecule has 1 heterocycles. The molecule has 3 rings (SSSR count). The first-order valence-corrected chi connectivity index (χ1v) is 9.99. The predicted molar refractivity (Wildman–Crippen MR) is 121 cm³/mol. The summed E-state index contributed by atoms with van der Waals surface area (Å²) < 4.78 is 16.6. The molecule has 8 heteroatoms. The predicted octanol–water partition coefficient (Wildman–Crippen LogP) is 3.57. The molecule has 32 heavy (non-hydrogen) atoms. The van der Waals surface area contributed by atoms with Crippen LogP contribution in [0.3, 0.4) is 0 Å². The number of hydrogen-bond donors (Lipinski definition) is 2. The van der Waals surface area contributed by atoms with Crippen molar-refractivity contribution in [3.63, 3.8) is 0 Å². The molecule has 2 aromatic carbocycles. The lowest BCUT2D eigenvalue weighted by atomic mass is 9.98. The van der Waals surface area contributed by atoms with Crippen molar-refractivity contribution in [2.75, 3.05) is 26.1 Å². The molecule has 0 fully saturated rings. The number of benzene rings is 2. The Bertz CT molecular complexity index is 1150. The van der Waals surface area contributed by atoms with Gasteiger partial charge >= 0.3 is 0 Å². The van der Waals surface area contributed by atoms with Gasteiger partial charge in [0.15, 0.2) is 0 Å². The first kappa shape index (κ1) is 22.7. The molecular formula is C24H25N5O3. The fourth-order valence-electron chi connectivity index (χ4n) is 3.13. The number of nitrogens with two attached hydrogens (primary N) is 1. The highest BCUT2D eigenvalue weighted by atomic mass is 16.5. The molecule has 0 aliphatic rings. The molecule has 3 N–H and O–H groups in total. The summed E-state index contributed by atoms with van der Waals surface area (Å²) >= 11 is 0. The van der Waals surface area contributed by atoms with Gasteiger partial charge in [0.25, 0.3) is 0 Å². The van der Waals surface area contributed by atoms with Crippen molar-refractivity contribution in [1.29, 1.82) is 10.7 Å². The van der Waals surface area contributed by atoms with Crippen LogP contribution in [0.4, 0.5) is 5.69 Å². The molecule has 0 aliphatic heterocycles. The number of nitriles is 1. The van der Waals surface area contributed by atoms with Crippen molar-refractivity contribution in [2.45, 2.75) is 20.5 Å². The number of nitrogen functional groups attached to an aromatic ring is 1. The summed E-state index contributed by atoms with van der Waals surface area (Å²) in [6.45, 7) is 4.93. The van der Waals surface area contributed by atoms with Crippen LogP contribution < -0.4 is 15.2 Å². The third-order valence-corrected chi connectivity index (χ3v) is 4.93. The molecule has 0 atom stereocenters. The molecule has 3 aromatic rings. The summed E-state index contributed by atoms with van der Waals surface area (Å²) in [5, 5.41) is 26.1. The van der Waals surface area contributed by atoms with Gasteiger partial charge in [0.2, 0.25) is 0 Å². The molecule has 0 bridgehead atoms. The van der Waals surface area contributed by atoms with Crippen LogP contribution in [0.1, 0.15) is 33.5 Å². The van der Waals surface area contributed by atoms with Crippen LogP contribution in [0.25, 0.3) is 0 Å². The Morgan fingerprint density at radius 3 is 2.62 bits per heavy atom. The number of aromatic nitrogens is 2. The van der Waals surface area contributed by atoms with Gasteiger partial charge in [-0.1, -0.05) is 0 Å². The second kappa shape index (κ2) is 10.4. The normalized spacial score (nSPS) is 10.4. The van der Waals surface area contributed by atoms with Crippen LogP contribution in [0, 0.1) is 30.6 Å². The van der Waals surface area contributed by atoms with Crippen molar-refractivity contribution >= 4 is 11.4 Å². The largest absolute Gasteiger partial charge is 0.491 e. The first-order chi connectivity index (χ1) is 15.4. The molecule has 0 radical (unpaired) electrons. The number of rotatable bonds is 9. The van der Waals surface area contributed by atoms with E-state index in [1.807, 2.05) is 13.8 Å². The van der Waals surface area contributed by atoms with Gasteiger partial charge in [0.05, 0.1) is 35.8 Å². The number of hydrogen-bond acceptors (Lipinski definition) is 8.